The van der Waals surface area contributed by atoms with Crippen LogP contribution in [0.1, 0.15) is 26.7 Å². The normalized spacial score (nSPS) is 19.6. The van der Waals surface area contributed by atoms with Crippen LogP contribution in [0.3, 0.4) is 0 Å². The highest BCUT2D eigenvalue weighted by atomic mass is 32.1. The second-order valence-corrected chi connectivity index (χ2v) is 6.93. The lowest BCUT2D eigenvalue weighted by molar-refractivity contribution is 0.371. The van der Waals surface area contributed by atoms with E-state index in [0.717, 1.165) is 24.5 Å². The first-order chi connectivity index (χ1) is 9.74. The van der Waals surface area contributed by atoms with Crippen LogP contribution in [0, 0.1) is 5.92 Å². The van der Waals surface area contributed by atoms with E-state index >= 15 is 0 Å². The molecule has 1 atom stereocenters. The predicted octanol–water partition coefficient (Wildman–Crippen LogP) is 3.51. The monoisotopic (exact) mass is 289 g/mol. The Balaban J connectivity index is 1.81. The molecule has 0 bridgehead atoms. The Labute approximate surface area is 125 Å². The number of nitrogens with one attached hydrogen (secondary N) is 1. The van der Waals surface area contributed by atoms with E-state index in [2.05, 4.69) is 48.3 Å². The Morgan fingerprint density at radius 2 is 2.25 bits per heavy atom. The molecule has 2 heterocycles. The SMILES string of the molecule is CC(C)N(CC1CCCNC1)c1nc2ccccc2s1. The van der Waals surface area contributed by atoms with Gasteiger partial charge in [-0.05, 0) is 57.8 Å². The van der Waals surface area contributed by atoms with E-state index in [1.165, 1.54) is 29.2 Å². The van der Waals surface area contributed by atoms with Crippen molar-refractivity contribution < 1.29 is 0 Å². The van der Waals surface area contributed by atoms with Gasteiger partial charge in [0.15, 0.2) is 5.13 Å². The van der Waals surface area contributed by atoms with Crippen LogP contribution in [0.5, 0.6) is 0 Å². The van der Waals surface area contributed by atoms with Crippen molar-refractivity contribution in [3.8, 4) is 0 Å². The van der Waals surface area contributed by atoms with Gasteiger partial charge in [-0.2, -0.15) is 0 Å². The van der Waals surface area contributed by atoms with Crippen LogP contribution in [0.15, 0.2) is 24.3 Å². The smallest absolute Gasteiger partial charge is 0.186 e. The first kappa shape index (κ1) is 13.8. The topological polar surface area (TPSA) is 28.2 Å². The molecule has 1 aliphatic rings. The number of nitrogens with zero attached hydrogens (tertiary/aromatic N) is 2. The summed E-state index contributed by atoms with van der Waals surface area (Å²) >= 11 is 1.82. The summed E-state index contributed by atoms with van der Waals surface area (Å²) in [6.45, 7) is 7.97. The van der Waals surface area contributed by atoms with Gasteiger partial charge in [0.1, 0.15) is 0 Å². The average molecular weight is 289 g/mol. The van der Waals surface area contributed by atoms with Gasteiger partial charge >= 0.3 is 0 Å². The summed E-state index contributed by atoms with van der Waals surface area (Å²) in [6.07, 6.45) is 2.64. The second kappa shape index (κ2) is 6.10. The van der Waals surface area contributed by atoms with Crippen LogP contribution >= 0.6 is 11.3 Å². The lowest BCUT2D eigenvalue weighted by atomic mass is 9.99. The fraction of sp³-hybridized carbons (Fsp3) is 0.562. The summed E-state index contributed by atoms with van der Waals surface area (Å²) in [6, 6.07) is 8.93. The number of benzene rings is 1. The van der Waals surface area contributed by atoms with Crippen LogP contribution in [-0.4, -0.2) is 30.7 Å². The van der Waals surface area contributed by atoms with Crippen molar-refractivity contribution in [1.82, 2.24) is 10.3 Å². The zero-order chi connectivity index (χ0) is 13.9. The molecule has 3 nitrogen and oxygen atoms in total. The molecule has 2 aromatic rings. The molecule has 1 aromatic heterocycles. The van der Waals surface area contributed by atoms with E-state index in [4.69, 9.17) is 4.98 Å². The molecule has 1 aromatic carbocycles. The molecule has 1 saturated heterocycles. The summed E-state index contributed by atoms with van der Waals surface area (Å²) in [5.41, 5.74) is 1.12. The first-order valence-electron chi connectivity index (χ1n) is 7.57. The number of hydrogen-bond donors (Lipinski definition) is 1. The predicted molar refractivity (Wildman–Crippen MR) is 87.7 cm³/mol. The number of thiazole rings is 1. The highest BCUT2D eigenvalue weighted by Gasteiger charge is 2.21. The first-order valence-corrected chi connectivity index (χ1v) is 8.38. The van der Waals surface area contributed by atoms with Crippen LogP contribution in [0.25, 0.3) is 10.2 Å². The number of para-hydroxylation sites is 1. The van der Waals surface area contributed by atoms with Gasteiger partial charge in [-0.1, -0.05) is 23.5 Å². The highest BCUT2D eigenvalue weighted by molar-refractivity contribution is 7.22. The van der Waals surface area contributed by atoms with Crippen molar-refractivity contribution in [2.45, 2.75) is 32.7 Å². The molecule has 0 spiro atoms. The maximum absolute atomic E-state index is 4.82. The molecule has 0 saturated carbocycles. The molecule has 4 heteroatoms. The number of piperidine rings is 1. The van der Waals surface area contributed by atoms with Crippen molar-refractivity contribution in [1.29, 1.82) is 0 Å². The number of hydrogen-bond acceptors (Lipinski definition) is 4. The summed E-state index contributed by atoms with van der Waals surface area (Å²) in [7, 11) is 0. The molecule has 1 unspecified atom stereocenters. The molecular weight excluding hydrogens is 266 g/mol. The second-order valence-electron chi connectivity index (χ2n) is 5.92. The Bertz CT molecular complexity index is 525. The van der Waals surface area contributed by atoms with Crippen LogP contribution < -0.4 is 10.2 Å². The highest BCUT2D eigenvalue weighted by Crippen LogP contribution is 2.30. The number of anilines is 1. The summed E-state index contributed by atoms with van der Waals surface area (Å²) in [4.78, 5) is 7.30. The van der Waals surface area contributed by atoms with Crippen molar-refractivity contribution >= 4 is 26.7 Å². The van der Waals surface area contributed by atoms with Crippen LogP contribution in [0.4, 0.5) is 5.13 Å². The molecule has 1 N–H and O–H groups in total. The fourth-order valence-corrected chi connectivity index (χ4v) is 3.96. The van der Waals surface area contributed by atoms with Crippen LogP contribution in [-0.2, 0) is 0 Å². The average Bonchev–Trinajstić information content (AvgIpc) is 2.89. The van der Waals surface area contributed by atoms with E-state index in [9.17, 15) is 0 Å². The van der Waals surface area contributed by atoms with Crippen molar-refractivity contribution in [2.75, 3.05) is 24.5 Å². The molecule has 1 aliphatic heterocycles. The van der Waals surface area contributed by atoms with Gasteiger partial charge in [0.2, 0.25) is 0 Å². The number of rotatable bonds is 4. The molecule has 20 heavy (non-hydrogen) atoms. The van der Waals surface area contributed by atoms with Crippen molar-refractivity contribution in [2.24, 2.45) is 5.92 Å². The molecular formula is C16H23N3S. The third-order valence-corrected chi connectivity index (χ3v) is 5.08. The number of aromatic nitrogens is 1. The minimum atomic E-state index is 0.498. The molecule has 1 fully saturated rings. The molecule has 108 valence electrons. The van der Waals surface area contributed by atoms with E-state index in [-0.39, 0.29) is 0 Å². The summed E-state index contributed by atoms with van der Waals surface area (Å²) in [5.74, 6) is 0.748. The standard InChI is InChI=1S/C16H23N3S/c1-12(2)19(11-13-6-5-9-17-10-13)16-18-14-7-3-4-8-15(14)20-16/h3-4,7-8,12-13,17H,5-6,9-11H2,1-2H3. The van der Waals surface area contributed by atoms with E-state index in [0.29, 0.717) is 6.04 Å². The molecule has 0 radical (unpaired) electrons. The fourth-order valence-electron chi connectivity index (χ4n) is 2.85. The third-order valence-electron chi connectivity index (χ3n) is 4.01. The van der Waals surface area contributed by atoms with E-state index < -0.39 is 0 Å². The largest absolute Gasteiger partial charge is 0.345 e. The molecule has 0 amide bonds. The van der Waals surface area contributed by atoms with Crippen molar-refractivity contribution in [3.63, 3.8) is 0 Å². The minimum absolute atomic E-state index is 0.498. The van der Waals surface area contributed by atoms with E-state index in [1.54, 1.807) is 0 Å². The van der Waals surface area contributed by atoms with Gasteiger partial charge < -0.3 is 10.2 Å². The summed E-state index contributed by atoms with van der Waals surface area (Å²) in [5, 5.41) is 4.69. The van der Waals surface area contributed by atoms with E-state index in [1.807, 2.05) is 11.3 Å². The van der Waals surface area contributed by atoms with Gasteiger partial charge in [0.05, 0.1) is 10.2 Å². The zero-order valence-corrected chi connectivity index (χ0v) is 13.1. The maximum Gasteiger partial charge on any atom is 0.186 e. The quantitative estimate of drug-likeness (QED) is 0.933. The lowest BCUT2D eigenvalue weighted by Gasteiger charge is -2.32. The van der Waals surface area contributed by atoms with Gasteiger partial charge in [-0.15, -0.1) is 0 Å². The van der Waals surface area contributed by atoms with Gasteiger partial charge in [-0.3, -0.25) is 0 Å². The Morgan fingerprint density at radius 1 is 1.40 bits per heavy atom. The number of fused-ring (bicyclic) bond motifs is 1. The molecule has 0 aliphatic carbocycles. The van der Waals surface area contributed by atoms with Gasteiger partial charge in [0, 0.05) is 12.6 Å². The summed E-state index contributed by atoms with van der Waals surface area (Å²) < 4.78 is 1.29. The lowest BCUT2D eigenvalue weighted by Crippen LogP contribution is -2.41. The van der Waals surface area contributed by atoms with Gasteiger partial charge in [0.25, 0.3) is 0 Å². The minimum Gasteiger partial charge on any atom is -0.345 e. The third kappa shape index (κ3) is 2.96. The van der Waals surface area contributed by atoms with Crippen molar-refractivity contribution in [3.05, 3.63) is 24.3 Å². The Morgan fingerprint density at radius 3 is 2.95 bits per heavy atom. The molecule has 3 rings (SSSR count). The van der Waals surface area contributed by atoms with Crippen LogP contribution in [0.2, 0.25) is 0 Å². The zero-order valence-electron chi connectivity index (χ0n) is 12.3. The Kier molecular flexibility index (Phi) is 4.22. The Hall–Kier alpha value is -1.13. The van der Waals surface area contributed by atoms with Gasteiger partial charge in [-0.25, -0.2) is 4.98 Å². The maximum atomic E-state index is 4.82.